The number of halogens is 2. The highest BCUT2D eigenvalue weighted by Gasteiger charge is 2.21. The summed E-state index contributed by atoms with van der Waals surface area (Å²) in [4.78, 5) is 14.4. The van der Waals surface area contributed by atoms with Gasteiger partial charge in [-0.05, 0) is 26.0 Å². The van der Waals surface area contributed by atoms with Crippen molar-refractivity contribution in [2.75, 3.05) is 13.6 Å². The maximum Gasteiger partial charge on any atom is 0.179 e. The Morgan fingerprint density at radius 1 is 1.32 bits per heavy atom. The van der Waals surface area contributed by atoms with Crippen LogP contribution in [0.2, 0.25) is 8.67 Å². The third-order valence-corrected chi connectivity index (χ3v) is 5.29. The van der Waals surface area contributed by atoms with E-state index in [1.54, 1.807) is 6.07 Å². The third-order valence-electron chi connectivity index (χ3n) is 3.80. The van der Waals surface area contributed by atoms with Crippen LogP contribution in [0.15, 0.2) is 6.07 Å². The van der Waals surface area contributed by atoms with Crippen molar-refractivity contribution in [3.63, 3.8) is 0 Å². The Morgan fingerprint density at radius 2 is 1.95 bits per heavy atom. The molecule has 5 heteroatoms. The molecule has 1 saturated carbocycles. The number of hydrogen-bond acceptors (Lipinski definition) is 3. The van der Waals surface area contributed by atoms with Crippen LogP contribution in [0.25, 0.3) is 0 Å². The Morgan fingerprint density at radius 3 is 2.47 bits per heavy atom. The molecule has 1 heterocycles. The normalized spacial score (nSPS) is 17.7. The molecule has 0 bridgehead atoms. The van der Waals surface area contributed by atoms with E-state index >= 15 is 0 Å². The van der Waals surface area contributed by atoms with Crippen LogP contribution < -0.4 is 0 Å². The number of hydrogen-bond donors (Lipinski definition) is 0. The zero-order valence-corrected chi connectivity index (χ0v) is 13.5. The van der Waals surface area contributed by atoms with E-state index < -0.39 is 0 Å². The van der Waals surface area contributed by atoms with Gasteiger partial charge in [-0.1, -0.05) is 48.9 Å². The highest BCUT2D eigenvalue weighted by molar-refractivity contribution is 7.20. The van der Waals surface area contributed by atoms with Gasteiger partial charge in [-0.25, -0.2) is 0 Å². The lowest BCUT2D eigenvalue weighted by Crippen LogP contribution is -2.35. The molecule has 0 radical (unpaired) electrons. The molecular weight excluding hydrogens is 301 g/mol. The summed E-state index contributed by atoms with van der Waals surface area (Å²) in [5.41, 5.74) is 0.567. The molecule has 0 unspecified atom stereocenters. The van der Waals surface area contributed by atoms with Crippen molar-refractivity contribution in [1.29, 1.82) is 0 Å². The summed E-state index contributed by atoms with van der Waals surface area (Å²) in [5.74, 6) is 0.0693. The first-order valence-corrected chi connectivity index (χ1v) is 8.33. The molecule has 1 aliphatic rings. The Balaban J connectivity index is 1.96. The first-order chi connectivity index (χ1) is 9.08. The van der Waals surface area contributed by atoms with E-state index in [1.165, 1.54) is 49.9 Å². The van der Waals surface area contributed by atoms with Crippen molar-refractivity contribution in [3.8, 4) is 0 Å². The highest BCUT2D eigenvalue weighted by Crippen LogP contribution is 2.31. The van der Waals surface area contributed by atoms with Gasteiger partial charge in [-0.3, -0.25) is 9.69 Å². The molecule has 1 fully saturated rings. The summed E-state index contributed by atoms with van der Waals surface area (Å²) in [5, 5.41) is 0. The fraction of sp³-hybridized carbons (Fsp3) is 0.643. The summed E-state index contributed by atoms with van der Waals surface area (Å²) in [7, 11) is 2.04. The molecule has 0 aromatic carbocycles. The van der Waals surface area contributed by atoms with Crippen molar-refractivity contribution < 1.29 is 4.79 Å². The van der Waals surface area contributed by atoms with Gasteiger partial charge in [0, 0.05) is 6.04 Å². The van der Waals surface area contributed by atoms with E-state index in [4.69, 9.17) is 23.2 Å². The van der Waals surface area contributed by atoms with E-state index in [9.17, 15) is 4.79 Å². The second-order valence-electron chi connectivity index (χ2n) is 5.22. The van der Waals surface area contributed by atoms with Crippen LogP contribution in [0, 0.1) is 0 Å². The minimum absolute atomic E-state index is 0.0693. The van der Waals surface area contributed by atoms with Gasteiger partial charge in [-0.2, -0.15) is 0 Å². The van der Waals surface area contributed by atoms with E-state index in [-0.39, 0.29) is 5.78 Å². The standard InChI is InChI=1S/C14H19Cl2NOS/c1-17(10-6-4-2-3-5-7-10)9-12(18)11-8-13(15)19-14(11)16/h8,10H,2-7,9H2,1H3. The summed E-state index contributed by atoms with van der Waals surface area (Å²) < 4.78 is 1.08. The molecule has 0 amide bonds. The first-order valence-electron chi connectivity index (χ1n) is 6.76. The van der Waals surface area contributed by atoms with Gasteiger partial charge < -0.3 is 0 Å². The van der Waals surface area contributed by atoms with E-state index in [0.717, 1.165) is 0 Å². The lowest BCUT2D eigenvalue weighted by Gasteiger charge is -2.26. The molecule has 1 aromatic heterocycles. The largest absolute Gasteiger partial charge is 0.296 e. The van der Waals surface area contributed by atoms with Crippen molar-refractivity contribution in [3.05, 3.63) is 20.3 Å². The molecule has 0 N–H and O–H groups in total. The molecule has 1 aliphatic carbocycles. The lowest BCUT2D eigenvalue weighted by atomic mass is 10.1. The molecular formula is C14H19Cl2NOS. The molecule has 2 rings (SSSR count). The van der Waals surface area contributed by atoms with E-state index in [2.05, 4.69) is 4.90 Å². The molecule has 1 aromatic rings. The minimum atomic E-state index is 0.0693. The minimum Gasteiger partial charge on any atom is -0.296 e. The van der Waals surface area contributed by atoms with Crippen LogP contribution in [0.3, 0.4) is 0 Å². The topological polar surface area (TPSA) is 20.3 Å². The molecule has 2 nitrogen and oxygen atoms in total. The Bertz CT molecular complexity index is 439. The maximum atomic E-state index is 12.2. The molecule has 0 saturated heterocycles. The van der Waals surface area contributed by atoms with Crippen LogP contribution in [0.5, 0.6) is 0 Å². The Hall–Kier alpha value is -0.0900. The molecule has 19 heavy (non-hydrogen) atoms. The quantitative estimate of drug-likeness (QED) is 0.581. The number of nitrogens with zero attached hydrogens (tertiary/aromatic N) is 1. The van der Waals surface area contributed by atoms with Gasteiger partial charge in [0.2, 0.25) is 0 Å². The van der Waals surface area contributed by atoms with Crippen LogP contribution in [-0.4, -0.2) is 30.3 Å². The van der Waals surface area contributed by atoms with Gasteiger partial charge in [0.15, 0.2) is 5.78 Å². The number of carbonyl (C=O) groups excluding carboxylic acids is 1. The lowest BCUT2D eigenvalue weighted by molar-refractivity contribution is 0.0912. The van der Waals surface area contributed by atoms with Crippen LogP contribution >= 0.6 is 34.5 Å². The van der Waals surface area contributed by atoms with Gasteiger partial charge in [0.1, 0.15) is 4.34 Å². The monoisotopic (exact) mass is 319 g/mol. The van der Waals surface area contributed by atoms with Crippen LogP contribution in [-0.2, 0) is 0 Å². The van der Waals surface area contributed by atoms with E-state index in [0.29, 0.717) is 26.8 Å². The Kier molecular flexibility index (Phi) is 5.70. The van der Waals surface area contributed by atoms with Gasteiger partial charge in [-0.15, -0.1) is 11.3 Å². The SMILES string of the molecule is CN(CC(=O)c1cc(Cl)sc1Cl)C1CCCCCC1. The fourth-order valence-electron chi connectivity index (χ4n) is 2.67. The zero-order chi connectivity index (χ0) is 13.8. The number of carbonyl (C=O) groups is 1. The number of likely N-dealkylation sites (N-methyl/N-ethyl adjacent to an activating group) is 1. The molecule has 0 spiro atoms. The molecule has 0 aliphatic heterocycles. The summed E-state index contributed by atoms with van der Waals surface area (Å²) in [6.07, 6.45) is 7.58. The van der Waals surface area contributed by atoms with Gasteiger partial charge in [0.25, 0.3) is 0 Å². The van der Waals surface area contributed by atoms with Crippen molar-refractivity contribution in [2.24, 2.45) is 0 Å². The van der Waals surface area contributed by atoms with Gasteiger partial charge >= 0.3 is 0 Å². The number of thiophene rings is 1. The number of rotatable bonds is 4. The average molecular weight is 320 g/mol. The third kappa shape index (κ3) is 4.19. The van der Waals surface area contributed by atoms with Crippen molar-refractivity contribution in [2.45, 2.75) is 44.6 Å². The summed E-state index contributed by atoms with van der Waals surface area (Å²) in [6.45, 7) is 0.428. The molecule has 106 valence electrons. The van der Waals surface area contributed by atoms with Gasteiger partial charge in [0.05, 0.1) is 16.4 Å². The predicted octanol–water partition coefficient (Wildman–Crippen LogP) is 4.89. The number of Topliss-reactive ketones (excluding diaryl/α,β-unsaturated/α-hetero) is 1. The zero-order valence-electron chi connectivity index (χ0n) is 11.1. The maximum absolute atomic E-state index is 12.2. The Labute approximate surface area is 128 Å². The summed E-state index contributed by atoms with van der Waals surface area (Å²) in [6, 6.07) is 2.21. The van der Waals surface area contributed by atoms with Crippen LogP contribution in [0.4, 0.5) is 0 Å². The first kappa shape index (κ1) is 15.3. The van der Waals surface area contributed by atoms with Crippen molar-refractivity contribution in [1.82, 2.24) is 4.90 Å². The fourth-order valence-corrected chi connectivity index (χ4v) is 4.17. The predicted molar refractivity (Wildman–Crippen MR) is 82.8 cm³/mol. The molecule has 0 atom stereocenters. The smallest absolute Gasteiger partial charge is 0.179 e. The second-order valence-corrected chi connectivity index (χ2v) is 7.51. The van der Waals surface area contributed by atoms with Crippen molar-refractivity contribution >= 4 is 40.3 Å². The average Bonchev–Trinajstić information content (AvgIpc) is 2.58. The highest BCUT2D eigenvalue weighted by atomic mass is 35.5. The van der Waals surface area contributed by atoms with Crippen LogP contribution in [0.1, 0.15) is 48.9 Å². The summed E-state index contributed by atoms with van der Waals surface area (Å²) >= 11 is 13.2. The second kappa shape index (κ2) is 7.07. The number of ketones is 1. The van der Waals surface area contributed by atoms with E-state index in [1.807, 2.05) is 7.05 Å².